The molecule has 3 aliphatic rings. The predicted octanol–water partition coefficient (Wildman–Crippen LogP) is 7.95. The molecule has 2 amide bonds. The summed E-state index contributed by atoms with van der Waals surface area (Å²) in [5.41, 5.74) is 4.89. The number of unbranched alkanes of at least 4 members (excludes halogenated alkanes) is 4. The van der Waals surface area contributed by atoms with Crippen molar-refractivity contribution in [2.24, 2.45) is 0 Å². The molecule has 17 nitrogen and oxygen atoms in total. The van der Waals surface area contributed by atoms with Crippen molar-refractivity contribution < 1.29 is 51.6 Å². The molecule has 9 rings (SSSR count). The van der Waals surface area contributed by atoms with E-state index in [0.717, 1.165) is 69.3 Å². The molecule has 0 unspecified atom stereocenters. The van der Waals surface area contributed by atoms with Gasteiger partial charge in [-0.1, -0.05) is 42.9 Å². The van der Waals surface area contributed by atoms with Crippen molar-refractivity contribution in [3.05, 3.63) is 89.1 Å². The average molecular weight is 1070 g/mol. The second-order valence-electron chi connectivity index (χ2n) is 19.3. The normalized spacial score (nSPS) is 18.8. The number of aliphatic hydroxyl groups excluding tert-OH is 1. The Morgan fingerprint density at radius 2 is 1.71 bits per heavy atom. The van der Waals surface area contributed by atoms with Crippen LogP contribution in [-0.4, -0.2) is 145 Å². The number of nitrogens with zero attached hydrogens (tertiary/aromatic N) is 4. The van der Waals surface area contributed by atoms with Crippen LogP contribution in [0.15, 0.2) is 72.8 Å². The number of pyridine rings is 1. The summed E-state index contributed by atoms with van der Waals surface area (Å²) in [6.07, 6.45) is 0.220. The van der Waals surface area contributed by atoms with Crippen molar-refractivity contribution >= 4 is 56.9 Å². The maximum Gasteiger partial charge on any atom is 0.406 e. The van der Waals surface area contributed by atoms with Crippen LogP contribution < -0.4 is 35.5 Å². The van der Waals surface area contributed by atoms with E-state index in [2.05, 4.69) is 60.0 Å². The van der Waals surface area contributed by atoms with E-state index >= 15 is 0 Å². The van der Waals surface area contributed by atoms with Gasteiger partial charge in [-0.15, -0.1) is 0 Å². The van der Waals surface area contributed by atoms with Crippen LogP contribution in [0.25, 0.3) is 33.3 Å². The van der Waals surface area contributed by atoms with Gasteiger partial charge in [-0.05, 0) is 118 Å². The van der Waals surface area contributed by atoms with Crippen molar-refractivity contribution in [1.82, 2.24) is 35.1 Å². The van der Waals surface area contributed by atoms with Crippen molar-refractivity contribution in [3.8, 4) is 40.6 Å². The number of methoxy groups -OCH3 is 1. The molecule has 0 spiro atoms. The average Bonchev–Trinajstić information content (AvgIpc) is 4.23. The van der Waals surface area contributed by atoms with Crippen LogP contribution in [0.5, 0.6) is 17.5 Å². The third kappa shape index (κ3) is 13.8. The van der Waals surface area contributed by atoms with E-state index in [1.54, 1.807) is 42.5 Å². The van der Waals surface area contributed by atoms with E-state index < -0.39 is 31.0 Å². The van der Waals surface area contributed by atoms with E-state index in [9.17, 15) is 27.9 Å². The molecule has 3 saturated heterocycles. The van der Waals surface area contributed by atoms with Gasteiger partial charge in [0.15, 0.2) is 11.8 Å². The standard InChI is InChI=1S/C55H63ClF3N9O8/c1-67-25-20-36(21-26-67)63-41-11-8-12-44-39(41)29-37(68(44)33-55(57,58)59)10-9-23-60-42-19-16-35(28-46(42)72-2)53(71)62-22-7-5-3-4-6-13-48(70)61-24-27-73-38-17-14-34(15-18-38)49-40(56)30-43-52(65-49)66-54(64-43)76-47-32-75-50-45(69)31-74-51(47)50/h8,11-12,14-19,28-30,36,45,47,50-51,60,63,69H,3-7,13,20-27,31-33H2,1-2H3,(H,61,70)(H,62,71)(H,64,65,66)/t45-,47-,50-,51-/m1/s1. The molecule has 3 aromatic carbocycles. The Bertz CT molecular complexity index is 3030. The second-order valence-corrected chi connectivity index (χ2v) is 19.7. The fourth-order valence-corrected chi connectivity index (χ4v) is 9.99. The number of nitrogens with one attached hydrogen (secondary N) is 5. The number of ether oxygens (including phenoxy) is 5. The zero-order chi connectivity index (χ0) is 53.2. The number of amides is 2. The lowest BCUT2D eigenvalue weighted by atomic mass is 10.0. The first-order valence-corrected chi connectivity index (χ1v) is 26.1. The van der Waals surface area contributed by atoms with Gasteiger partial charge in [0.2, 0.25) is 5.91 Å². The molecule has 6 heterocycles. The first-order chi connectivity index (χ1) is 36.8. The van der Waals surface area contributed by atoms with Gasteiger partial charge < -0.3 is 64.5 Å². The third-order valence-corrected chi connectivity index (χ3v) is 14.0. The maximum absolute atomic E-state index is 13.8. The highest BCUT2D eigenvalue weighted by molar-refractivity contribution is 6.33. The van der Waals surface area contributed by atoms with Gasteiger partial charge in [0.05, 0.1) is 66.5 Å². The molecular weight excluding hydrogens is 1010 g/mol. The SMILES string of the molecule is COc1cc(C(=O)NCCCCCCCC(=O)NCCOc2ccc(-c3nc4nc(O[C@@H]5CO[C@H]6[C@@H]5OC[C@H]6O)[nH]c4cc3Cl)cc2)ccc1NCC#Cc1cc2c(NC3CCN(C)CC3)cccc2n1CC(F)(F)F. The quantitative estimate of drug-likeness (QED) is 0.0283. The summed E-state index contributed by atoms with van der Waals surface area (Å²) in [5, 5.41) is 23.7. The number of piperidine rings is 1. The van der Waals surface area contributed by atoms with Gasteiger partial charge in [-0.2, -0.15) is 18.2 Å². The highest BCUT2D eigenvalue weighted by atomic mass is 35.5. The zero-order valence-electron chi connectivity index (χ0n) is 42.4. The number of hydrogen-bond acceptors (Lipinski definition) is 13. The number of anilines is 2. The molecule has 3 fully saturated rings. The Kier molecular flexibility index (Phi) is 17.7. The second kappa shape index (κ2) is 24.9. The van der Waals surface area contributed by atoms with Gasteiger partial charge >= 0.3 is 6.18 Å². The minimum absolute atomic E-state index is 0.0423. The number of fused-ring (bicyclic) bond motifs is 3. The summed E-state index contributed by atoms with van der Waals surface area (Å²) in [5.74, 6) is 6.70. The summed E-state index contributed by atoms with van der Waals surface area (Å²) < 4.78 is 71.3. The molecule has 0 bridgehead atoms. The molecule has 21 heteroatoms. The molecular formula is C55H63ClF3N9O8. The maximum atomic E-state index is 13.8. The van der Waals surface area contributed by atoms with Crippen LogP contribution in [0.1, 0.15) is 67.4 Å². The minimum atomic E-state index is -4.43. The molecule has 76 heavy (non-hydrogen) atoms. The predicted molar refractivity (Wildman–Crippen MR) is 283 cm³/mol. The molecule has 0 saturated carbocycles. The van der Waals surface area contributed by atoms with Gasteiger partial charge in [-0.3, -0.25) is 9.59 Å². The number of aromatic nitrogens is 4. The van der Waals surface area contributed by atoms with Crippen LogP contribution in [0, 0.1) is 11.8 Å². The van der Waals surface area contributed by atoms with Gasteiger partial charge in [0, 0.05) is 41.2 Å². The van der Waals surface area contributed by atoms with Crippen molar-refractivity contribution in [2.75, 3.05) is 77.3 Å². The number of halogens is 4. The number of likely N-dealkylation sites (tertiary alicyclic amines) is 1. The molecule has 0 radical (unpaired) electrons. The number of rotatable bonds is 22. The van der Waals surface area contributed by atoms with Crippen molar-refractivity contribution in [2.45, 2.75) is 94.5 Å². The Labute approximate surface area is 443 Å². The van der Waals surface area contributed by atoms with Crippen LogP contribution in [0.3, 0.4) is 0 Å². The molecule has 0 aliphatic carbocycles. The molecule has 6 aromatic rings. The zero-order valence-corrected chi connectivity index (χ0v) is 43.2. The molecule has 404 valence electrons. The largest absolute Gasteiger partial charge is 0.495 e. The number of carbonyl (C=O) groups is 2. The van der Waals surface area contributed by atoms with E-state index in [0.29, 0.717) is 81.7 Å². The third-order valence-electron chi connectivity index (χ3n) is 13.7. The Hall–Kier alpha value is -6.76. The first kappa shape index (κ1) is 54.0. The highest BCUT2D eigenvalue weighted by Gasteiger charge is 2.48. The molecule has 4 atom stereocenters. The van der Waals surface area contributed by atoms with E-state index in [4.69, 9.17) is 35.3 Å². The number of aliphatic hydroxyl groups is 1. The summed E-state index contributed by atoms with van der Waals surface area (Å²) >= 11 is 6.62. The van der Waals surface area contributed by atoms with Crippen molar-refractivity contribution in [1.29, 1.82) is 0 Å². The minimum Gasteiger partial charge on any atom is -0.495 e. The Morgan fingerprint density at radius 3 is 2.51 bits per heavy atom. The summed E-state index contributed by atoms with van der Waals surface area (Å²) in [6, 6.07) is 21.7. The van der Waals surface area contributed by atoms with Crippen LogP contribution in [0.4, 0.5) is 24.5 Å². The number of carbonyl (C=O) groups excluding carboxylic acids is 2. The number of H-pyrrole nitrogens is 1. The Balaban J connectivity index is 0.642. The number of aromatic amines is 1. The lowest BCUT2D eigenvalue weighted by molar-refractivity contribution is -0.140. The lowest BCUT2D eigenvalue weighted by Gasteiger charge is -2.30. The van der Waals surface area contributed by atoms with Crippen LogP contribution in [0.2, 0.25) is 5.02 Å². The number of imidazole rings is 1. The van der Waals surface area contributed by atoms with Crippen LogP contribution in [-0.2, 0) is 20.8 Å². The van der Waals surface area contributed by atoms with E-state index in [1.165, 1.54) is 11.7 Å². The topological polar surface area (TPSA) is 198 Å². The fraction of sp³-hybridized carbons (Fsp3) is 0.455. The lowest BCUT2D eigenvalue weighted by Crippen LogP contribution is -2.36. The van der Waals surface area contributed by atoms with Crippen molar-refractivity contribution in [3.63, 3.8) is 0 Å². The van der Waals surface area contributed by atoms with Gasteiger partial charge in [0.1, 0.15) is 43.0 Å². The Morgan fingerprint density at radius 1 is 0.921 bits per heavy atom. The monoisotopic (exact) mass is 1070 g/mol. The smallest absolute Gasteiger partial charge is 0.406 e. The number of hydrogen-bond donors (Lipinski definition) is 6. The van der Waals surface area contributed by atoms with Crippen LogP contribution >= 0.6 is 11.6 Å². The van der Waals surface area contributed by atoms with E-state index in [1.807, 2.05) is 30.3 Å². The summed E-state index contributed by atoms with van der Waals surface area (Å²) in [6.45, 7) is 2.50. The first-order valence-electron chi connectivity index (χ1n) is 25.8. The number of alkyl halides is 3. The van der Waals surface area contributed by atoms with Gasteiger partial charge in [-0.25, -0.2) is 4.98 Å². The highest BCUT2D eigenvalue weighted by Crippen LogP contribution is 2.35. The number of benzene rings is 3. The molecule has 3 aromatic heterocycles. The molecule has 3 aliphatic heterocycles. The summed E-state index contributed by atoms with van der Waals surface area (Å²) in [4.78, 5) is 40.0. The summed E-state index contributed by atoms with van der Waals surface area (Å²) in [7, 11) is 3.58. The fourth-order valence-electron chi connectivity index (χ4n) is 9.73. The van der Waals surface area contributed by atoms with E-state index in [-0.39, 0.29) is 55.4 Å². The van der Waals surface area contributed by atoms with Gasteiger partial charge in [0.25, 0.3) is 11.9 Å². The molecule has 6 N–H and O–H groups in total.